The monoisotopic (exact) mass is 134 g/mol. The molecule has 0 saturated carbocycles. The minimum absolute atomic E-state index is 0.114. The van der Waals surface area contributed by atoms with Gasteiger partial charge in [0.05, 0.1) is 6.20 Å². The van der Waals surface area contributed by atoms with E-state index < -0.39 is 0 Å². The maximum Gasteiger partial charge on any atom is 0.154 e. The van der Waals surface area contributed by atoms with Crippen LogP contribution in [-0.2, 0) is 0 Å². The number of imidazole rings is 1. The predicted octanol–water partition coefficient (Wildman–Crippen LogP) is -0.197. The molecule has 0 aromatic carbocycles. The van der Waals surface area contributed by atoms with Crippen molar-refractivity contribution in [2.24, 2.45) is 0 Å². The smallest absolute Gasteiger partial charge is 0.154 e. The summed E-state index contributed by atoms with van der Waals surface area (Å²) in [6.07, 6.45) is 5.96. The van der Waals surface area contributed by atoms with Gasteiger partial charge < -0.3 is 9.51 Å². The van der Waals surface area contributed by atoms with E-state index in [0.29, 0.717) is 5.65 Å². The SMILES string of the molecule is [O-]c1cnc2cnccn12. The van der Waals surface area contributed by atoms with Gasteiger partial charge in [0.2, 0.25) is 0 Å². The highest BCUT2D eigenvalue weighted by atomic mass is 16.3. The molecule has 2 rings (SSSR count). The van der Waals surface area contributed by atoms with Gasteiger partial charge in [-0.15, -0.1) is 0 Å². The fourth-order valence-corrected chi connectivity index (χ4v) is 0.819. The molecule has 0 aliphatic rings. The van der Waals surface area contributed by atoms with Gasteiger partial charge in [-0.2, -0.15) is 0 Å². The Kier molecular flexibility index (Phi) is 0.887. The van der Waals surface area contributed by atoms with Gasteiger partial charge in [0, 0.05) is 18.6 Å². The fourth-order valence-electron chi connectivity index (χ4n) is 0.819. The Labute approximate surface area is 56.8 Å². The number of hydrogen-bond acceptors (Lipinski definition) is 3. The Morgan fingerprint density at radius 2 is 2.30 bits per heavy atom. The molecule has 50 valence electrons. The third-order valence-electron chi connectivity index (χ3n) is 1.28. The molecule has 0 aliphatic carbocycles. The predicted molar refractivity (Wildman–Crippen MR) is 32.4 cm³/mol. The lowest BCUT2D eigenvalue weighted by Crippen LogP contribution is -1.94. The number of nitrogens with zero attached hydrogens (tertiary/aromatic N) is 3. The average molecular weight is 134 g/mol. The van der Waals surface area contributed by atoms with Crippen LogP contribution in [0, 0.1) is 0 Å². The first-order chi connectivity index (χ1) is 4.88. The summed E-state index contributed by atoms with van der Waals surface area (Å²) in [7, 11) is 0. The summed E-state index contributed by atoms with van der Waals surface area (Å²) in [6, 6.07) is 0. The Hall–Kier alpha value is -1.58. The van der Waals surface area contributed by atoms with Crippen LogP contribution >= 0.6 is 0 Å². The molecular weight excluding hydrogens is 130 g/mol. The van der Waals surface area contributed by atoms with E-state index in [1.54, 1.807) is 18.6 Å². The van der Waals surface area contributed by atoms with Crippen LogP contribution in [0.4, 0.5) is 0 Å². The van der Waals surface area contributed by atoms with E-state index in [1.807, 2.05) is 0 Å². The lowest BCUT2D eigenvalue weighted by molar-refractivity contribution is -0.276. The Balaban J connectivity index is 2.93. The van der Waals surface area contributed by atoms with Gasteiger partial charge >= 0.3 is 0 Å². The third kappa shape index (κ3) is 0.556. The molecule has 2 aromatic rings. The average Bonchev–Trinajstić information content (AvgIpc) is 2.34. The van der Waals surface area contributed by atoms with Gasteiger partial charge in [-0.1, -0.05) is 0 Å². The number of rotatable bonds is 0. The van der Waals surface area contributed by atoms with Crippen molar-refractivity contribution in [3.63, 3.8) is 0 Å². The van der Waals surface area contributed by atoms with Gasteiger partial charge in [-0.25, -0.2) is 4.98 Å². The van der Waals surface area contributed by atoms with Crippen LogP contribution in [0.2, 0.25) is 0 Å². The van der Waals surface area contributed by atoms with E-state index >= 15 is 0 Å². The summed E-state index contributed by atoms with van der Waals surface area (Å²) in [5.74, 6) is -0.114. The second kappa shape index (κ2) is 1.70. The second-order valence-corrected chi connectivity index (χ2v) is 1.90. The maximum absolute atomic E-state index is 10.9. The van der Waals surface area contributed by atoms with Crippen LogP contribution in [0.1, 0.15) is 0 Å². The Bertz CT molecular complexity index is 355. The molecule has 2 heterocycles. The van der Waals surface area contributed by atoms with Gasteiger partial charge in [-0.05, 0) is 5.88 Å². The van der Waals surface area contributed by atoms with Crippen molar-refractivity contribution >= 4 is 5.65 Å². The number of hydrogen-bond donors (Lipinski definition) is 0. The van der Waals surface area contributed by atoms with E-state index in [-0.39, 0.29) is 5.88 Å². The van der Waals surface area contributed by atoms with Crippen LogP contribution in [-0.4, -0.2) is 14.4 Å². The summed E-state index contributed by atoms with van der Waals surface area (Å²) in [6.45, 7) is 0. The van der Waals surface area contributed by atoms with Crippen LogP contribution in [0.3, 0.4) is 0 Å². The van der Waals surface area contributed by atoms with Crippen molar-refractivity contribution in [3.8, 4) is 5.88 Å². The lowest BCUT2D eigenvalue weighted by Gasteiger charge is -2.00. The number of aromatic nitrogens is 3. The first-order valence-corrected chi connectivity index (χ1v) is 2.82. The first kappa shape index (κ1) is 5.22. The Morgan fingerprint density at radius 1 is 1.40 bits per heavy atom. The highest BCUT2D eigenvalue weighted by molar-refractivity contribution is 5.38. The zero-order chi connectivity index (χ0) is 6.97. The van der Waals surface area contributed by atoms with Crippen molar-refractivity contribution in [2.45, 2.75) is 0 Å². The number of fused-ring (bicyclic) bond motifs is 1. The standard InChI is InChI=1S/C6H5N3O/c10-6-4-8-5-3-7-1-2-9(5)6/h1-4,10H/p-1. The van der Waals surface area contributed by atoms with E-state index in [2.05, 4.69) is 9.97 Å². The quantitative estimate of drug-likeness (QED) is 0.501. The highest BCUT2D eigenvalue weighted by Crippen LogP contribution is 2.05. The zero-order valence-corrected chi connectivity index (χ0v) is 5.06. The van der Waals surface area contributed by atoms with E-state index in [9.17, 15) is 5.11 Å². The summed E-state index contributed by atoms with van der Waals surface area (Å²) in [4.78, 5) is 7.61. The highest BCUT2D eigenvalue weighted by Gasteiger charge is 1.90. The van der Waals surface area contributed by atoms with Crippen molar-refractivity contribution in [2.75, 3.05) is 0 Å². The molecule has 0 N–H and O–H groups in total. The van der Waals surface area contributed by atoms with Crippen molar-refractivity contribution < 1.29 is 5.11 Å². The molecule has 0 aliphatic heterocycles. The van der Waals surface area contributed by atoms with Crippen molar-refractivity contribution in [1.82, 2.24) is 14.4 Å². The zero-order valence-electron chi connectivity index (χ0n) is 5.06. The second-order valence-electron chi connectivity index (χ2n) is 1.90. The molecule has 4 nitrogen and oxygen atoms in total. The topological polar surface area (TPSA) is 53.2 Å². The van der Waals surface area contributed by atoms with Crippen molar-refractivity contribution in [1.29, 1.82) is 0 Å². The first-order valence-electron chi connectivity index (χ1n) is 2.82. The van der Waals surface area contributed by atoms with Crippen LogP contribution in [0.25, 0.3) is 5.65 Å². The Morgan fingerprint density at radius 3 is 3.10 bits per heavy atom. The third-order valence-corrected chi connectivity index (χ3v) is 1.28. The van der Waals surface area contributed by atoms with Crippen LogP contribution < -0.4 is 5.11 Å². The molecule has 2 aromatic heterocycles. The summed E-state index contributed by atoms with van der Waals surface area (Å²) >= 11 is 0. The molecular formula is C6H4N3O-. The largest absolute Gasteiger partial charge is 0.859 e. The lowest BCUT2D eigenvalue weighted by atomic mass is 10.7. The van der Waals surface area contributed by atoms with Gasteiger partial charge in [0.15, 0.2) is 5.65 Å². The molecule has 0 spiro atoms. The van der Waals surface area contributed by atoms with E-state index in [0.717, 1.165) is 0 Å². The fraction of sp³-hybridized carbons (Fsp3) is 0. The molecule has 10 heavy (non-hydrogen) atoms. The minimum atomic E-state index is -0.114. The molecule has 0 bridgehead atoms. The van der Waals surface area contributed by atoms with E-state index in [1.165, 1.54) is 10.6 Å². The van der Waals surface area contributed by atoms with Gasteiger partial charge in [-0.3, -0.25) is 4.98 Å². The normalized spacial score (nSPS) is 10.4. The van der Waals surface area contributed by atoms with Crippen LogP contribution in [0.15, 0.2) is 24.8 Å². The molecule has 0 saturated heterocycles. The molecule has 0 radical (unpaired) electrons. The minimum Gasteiger partial charge on any atom is -0.859 e. The molecule has 0 unspecified atom stereocenters. The van der Waals surface area contributed by atoms with Gasteiger partial charge in [0.25, 0.3) is 0 Å². The van der Waals surface area contributed by atoms with Crippen molar-refractivity contribution in [3.05, 3.63) is 24.8 Å². The summed E-state index contributed by atoms with van der Waals surface area (Å²) in [5.41, 5.74) is 0.590. The summed E-state index contributed by atoms with van der Waals surface area (Å²) < 4.78 is 1.44. The van der Waals surface area contributed by atoms with E-state index in [4.69, 9.17) is 0 Å². The molecule has 0 fully saturated rings. The molecule has 4 heteroatoms. The molecule has 0 amide bonds. The summed E-state index contributed by atoms with van der Waals surface area (Å²) in [5, 5.41) is 10.9. The van der Waals surface area contributed by atoms with Crippen LogP contribution in [0.5, 0.6) is 5.88 Å². The molecule has 0 atom stereocenters. The maximum atomic E-state index is 10.9. The van der Waals surface area contributed by atoms with Gasteiger partial charge in [0.1, 0.15) is 0 Å².